The van der Waals surface area contributed by atoms with Crippen molar-refractivity contribution in [1.29, 1.82) is 5.26 Å². The second kappa shape index (κ2) is 3.72. The summed E-state index contributed by atoms with van der Waals surface area (Å²) in [6.07, 6.45) is 2.24. The molecule has 3 nitrogen and oxygen atoms in total. The van der Waals surface area contributed by atoms with E-state index in [2.05, 4.69) is 4.98 Å². The number of ketones is 1. The largest absolute Gasteiger partial charge is 0.359 e. The van der Waals surface area contributed by atoms with Gasteiger partial charge in [0.25, 0.3) is 0 Å². The Hall–Kier alpha value is -1.56. The van der Waals surface area contributed by atoms with Gasteiger partial charge in [-0.15, -0.1) is 0 Å². The number of aromatic nitrogens is 1. The quantitative estimate of drug-likeness (QED) is 0.688. The van der Waals surface area contributed by atoms with Crippen molar-refractivity contribution in [3.8, 4) is 6.07 Å². The molecule has 1 aromatic heterocycles. The monoisotopic (exact) mass is 162 g/mol. The molecule has 1 heterocycles. The summed E-state index contributed by atoms with van der Waals surface area (Å²) >= 11 is 0. The van der Waals surface area contributed by atoms with Gasteiger partial charge in [0.05, 0.1) is 11.8 Å². The van der Waals surface area contributed by atoms with Crippen LogP contribution in [0, 0.1) is 17.2 Å². The molecule has 1 rings (SSSR count). The molecule has 1 aromatic rings. The van der Waals surface area contributed by atoms with Gasteiger partial charge in [-0.25, -0.2) is 0 Å². The number of nitrogens with zero attached hydrogens (tertiary/aromatic N) is 1. The van der Waals surface area contributed by atoms with Crippen molar-refractivity contribution in [2.45, 2.75) is 13.3 Å². The van der Waals surface area contributed by atoms with Gasteiger partial charge in [0.15, 0.2) is 5.78 Å². The van der Waals surface area contributed by atoms with Crippen molar-refractivity contribution >= 4 is 5.78 Å². The molecule has 3 heteroatoms. The zero-order chi connectivity index (χ0) is 8.97. The van der Waals surface area contributed by atoms with Gasteiger partial charge in [-0.2, -0.15) is 5.26 Å². The predicted octanol–water partition coefficient (Wildman–Crippen LogP) is 1.75. The number of hydrogen-bond acceptors (Lipinski definition) is 2. The molecule has 0 spiro atoms. The summed E-state index contributed by atoms with van der Waals surface area (Å²) in [7, 11) is 0. The third-order valence-electron chi connectivity index (χ3n) is 1.74. The zero-order valence-corrected chi connectivity index (χ0v) is 6.87. The minimum absolute atomic E-state index is 0.120. The molecule has 0 aliphatic carbocycles. The van der Waals surface area contributed by atoms with E-state index in [0.29, 0.717) is 12.1 Å². The Bertz CT molecular complexity index is 295. The van der Waals surface area contributed by atoms with Crippen LogP contribution in [0.3, 0.4) is 0 Å². The van der Waals surface area contributed by atoms with Crippen molar-refractivity contribution in [2.24, 2.45) is 5.92 Å². The number of H-pyrrole nitrogens is 1. The van der Waals surface area contributed by atoms with Crippen LogP contribution in [0.4, 0.5) is 0 Å². The fourth-order valence-corrected chi connectivity index (χ4v) is 1.01. The Morgan fingerprint density at radius 2 is 2.58 bits per heavy atom. The number of Topliss-reactive ketones (excluding diaryl/α,β-unsaturated/α-hetero) is 1. The van der Waals surface area contributed by atoms with E-state index in [1.807, 2.05) is 13.0 Å². The molecule has 0 radical (unpaired) electrons. The first kappa shape index (κ1) is 8.54. The summed E-state index contributed by atoms with van der Waals surface area (Å²) in [5, 5.41) is 8.61. The number of carbonyl (C=O) groups is 1. The molecule has 0 aliphatic heterocycles. The van der Waals surface area contributed by atoms with E-state index in [0.717, 1.165) is 0 Å². The Morgan fingerprint density at radius 3 is 3.00 bits per heavy atom. The van der Waals surface area contributed by atoms with Crippen molar-refractivity contribution in [3.63, 3.8) is 0 Å². The molecule has 1 unspecified atom stereocenters. The van der Waals surface area contributed by atoms with E-state index in [1.165, 1.54) is 0 Å². The summed E-state index contributed by atoms with van der Waals surface area (Å²) in [4.78, 5) is 14.2. The molecule has 12 heavy (non-hydrogen) atoms. The molecule has 1 atom stereocenters. The number of aromatic amines is 1. The molecule has 0 fully saturated rings. The van der Waals surface area contributed by atoms with Crippen molar-refractivity contribution < 1.29 is 4.79 Å². The Morgan fingerprint density at radius 1 is 1.83 bits per heavy atom. The molecule has 0 bridgehead atoms. The molecule has 0 amide bonds. The zero-order valence-electron chi connectivity index (χ0n) is 6.87. The average molecular weight is 162 g/mol. The van der Waals surface area contributed by atoms with Crippen LogP contribution in [-0.2, 0) is 0 Å². The molecular formula is C9H10N2O. The third-order valence-corrected chi connectivity index (χ3v) is 1.74. The van der Waals surface area contributed by atoms with Crippen LogP contribution in [0.1, 0.15) is 23.8 Å². The molecule has 1 N–H and O–H groups in total. The van der Waals surface area contributed by atoms with E-state index < -0.39 is 5.92 Å². The molecule has 0 aliphatic rings. The molecule has 0 saturated carbocycles. The minimum atomic E-state index is -0.511. The van der Waals surface area contributed by atoms with E-state index >= 15 is 0 Å². The first-order valence-corrected chi connectivity index (χ1v) is 3.86. The highest BCUT2D eigenvalue weighted by Gasteiger charge is 2.17. The molecule has 0 saturated heterocycles. The molecular weight excluding hydrogens is 152 g/mol. The van der Waals surface area contributed by atoms with Gasteiger partial charge in [0.2, 0.25) is 0 Å². The van der Waals surface area contributed by atoms with E-state index in [-0.39, 0.29) is 5.78 Å². The molecule has 0 aromatic carbocycles. The van der Waals surface area contributed by atoms with Crippen LogP contribution in [0.2, 0.25) is 0 Å². The van der Waals surface area contributed by atoms with Gasteiger partial charge < -0.3 is 4.98 Å². The fraction of sp³-hybridized carbons (Fsp3) is 0.333. The van der Waals surface area contributed by atoms with Gasteiger partial charge in [0, 0.05) is 6.20 Å². The van der Waals surface area contributed by atoms with Crippen molar-refractivity contribution in [1.82, 2.24) is 4.98 Å². The topological polar surface area (TPSA) is 56.6 Å². The number of hydrogen-bond donors (Lipinski definition) is 1. The Kier molecular flexibility index (Phi) is 2.65. The van der Waals surface area contributed by atoms with Crippen molar-refractivity contribution in [2.75, 3.05) is 0 Å². The van der Waals surface area contributed by atoms with Gasteiger partial charge in [0.1, 0.15) is 5.92 Å². The number of nitrogens with one attached hydrogen (secondary N) is 1. The maximum absolute atomic E-state index is 11.4. The van der Waals surface area contributed by atoms with E-state index in [1.54, 1.807) is 18.3 Å². The summed E-state index contributed by atoms with van der Waals surface area (Å²) < 4.78 is 0. The third kappa shape index (κ3) is 1.54. The van der Waals surface area contributed by atoms with Crippen LogP contribution in [0.25, 0.3) is 0 Å². The average Bonchev–Trinajstić information content (AvgIpc) is 2.58. The number of carbonyl (C=O) groups excluding carboxylic acids is 1. The summed E-state index contributed by atoms with van der Waals surface area (Å²) in [6, 6.07) is 5.40. The lowest BCUT2D eigenvalue weighted by Crippen LogP contribution is -2.11. The van der Waals surface area contributed by atoms with Gasteiger partial charge in [-0.3, -0.25) is 4.79 Å². The normalized spacial score (nSPS) is 12.0. The van der Waals surface area contributed by atoms with Crippen LogP contribution < -0.4 is 0 Å². The smallest absolute Gasteiger partial charge is 0.196 e. The number of rotatable bonds is 3. The summed E-state index contributed by atoms with van der Waals surface area (Å²) in [5.41, 5.74) is 0.517. The van der Waals surface area contributed by atoms with E-state index in [4.69, 9.17) is 5.26 Å². The second-order valence-electron chi connectivity index (χ2n) is 2.54. The maximum Gasteiger partial charge on any atom is 0.196 e. The summed E-state index contributed by atoms with van der Waals surface area (Å²) in [6.45, 7) is 1.83. The lowest BCUT2D eigenvalue weighted by Gasteiger charge is -2.01. The van der Waals surface area contributed by atoms with Crippen molar-refractivity contribution in [3.05, 3.63) is 24.0 Å². The van der Waals surface area contributed by atoms with Crippen LogP contribution in [0.5, 0.6) is 0 Å². The van der Waals surface area contributed by atoms with E-state index in [9.17, 15) is 4.79 Å². The first-order chi connectivity index (χ1) is 5.79. The second-order valence-corrected chi connectivity index (χ2v) is 2.54. The van der Waals surface area contributed by atoms with Crippen LogP contribution in [0.15, 0.2) is 18.3 Å². The fourth-order valence-electron chi connectivity index (χ4n) is 1.01. The number of nitriles is 1. The highest BCUT2D eigenvalue weighted by atomic mass is 16.1. The van der Waals surface area contributed by atoms with Gasteiger partial charge in [-0.05, 0) is 18.6 Å². The standard InChI is InChI=1S/C9H10N2O/c1-2-7(6-10)9(12)8-4-3-5-11-8/h3-5,7,11H,2H2,1H3. The highest BCUT2D eigenvalue weighted by Crippen LogP contribution is 2.09. The summed E-state index contributed by atoms with van der Waals surface area (Å²) in [5.74, 6) is -0.631. The van der Waals surface area contributed by atoms with Crippen LogP contribution >= 0.6 is 0 Å². The lowest BCUT2D eigenvalue weighted by atomic mass is 10.0. The Balaban J connectivity index is 2.79. The SMILES string of the molecule is CCC(C#N)C(=O)c1ccc[nH]1. The minimum Gasteiger partial charge on any atom is -0.359 e. The van der Waals surface area contributed by atoms with Gasteiger partial charge >= 0.3 is 0 Å². The van der Waals surface area contributed by atoms with Gasteiger partial charge in [-0.1, -0.05) is 6.92 Å². The Labute approximate surface area is 71.0 Å². The first-order valence-electron chi connectivity index (χ1n) is 3.86. The lowest BCUT2D eigenvalue weighted by molar-refractivity contribution is 0.0942. The predicted molar refractivity (Wildman–Crippen MR) is 44.5 cm³/mol. The highest BCUT2D eigenvalue weighted by molar-refractivity contribution is 5.97. The van der Waals surface area contributed by atoms with Crippen LogP contribution in [-0.4, -0.2) is 10.8 Å². The molecule has 62 valence electrons. The maximum atomic E-state index is 11.4.